The van der Waals surface area contributed by atoms with E-state index < -0.39 is 0 Å². The standard InChI is InChI=1S/C13H19N3.HI/c1-2-8-15-13(14)16-12-9-11(12)10-6-4-3-5-7-10;/h3-7,11-12H,2,8-9H2,1H3,(H3,14,15,16);1H. The molecule has 94 valence electrons. The summed E-state index contributed by atoms with van der Waals surface area (Å²) in [5.74, 6) is 1.20. The van der Waals surface area contributed by atoms with Crippen LogP contribution in [-0.4, -0.2) is 18.5 Å². The molecule has 0 bridgehead atoms. The van der Waals surface area contributed by atoms with Crippen molar-refractivity contribution in [3.05, 3.63) is 35.9 Å². The lowest BCUT2D eigenvalue weighted by molar-refractivity contribution is 0.838. The highest BCUT2D eigenvalue weighted by atomic mass is 127. The molecule has 2 atom stereocenters. The smallest absolute Gasteiger partial charge is 0.188 e. The van der Waals surface area contributed by atoms with E-state index in [1.165, 1.54) is 5.56 Å². The van der Waals surface area contributed by atoms with Crippen molar-refractivity contribution in [2.75, 3.05) is 6.54 Å². The first-order chi connectivity index (χ1) is 7.81. The second kappa shape index (κ2) is 6.83. The number of hydrogen-bond donors (Lipinski definition) is 2. The molecular formula is C13H20IN3. The van der Waals surface area contributed by atoms with Crippen LogP contribution >= 0.6 is 24.0 Å². The van der Waals surface area contributed by atoms with Crippen LogP contribution in [0.1, 0.15) is 31.2 Å². The van der Waals surface area contributed by atoms with E-state index in [2.05, 4.69) is 41.5 Å². The number of guanidine groups is 1. The van der Waals surface area contributed by atoms with Crippen LogP contribution in [0, 0.1) is 0 Å². The number of nitrogens with one attached hydrogen (secondary N) is 1. The van der Waals surface area contributed by atoms with Gasteiger partial charge in [-0.2, -0.15) is 0 Å². The van der Waals surface area contributed by atoms with E-state index in [-0.39, 0.29) is 24.0 Å². The van der Waals surface area contributed by atoms with Gasteiger partial charge >= 0.3 is 0 Å². The summed E-state index contributed by atoms with van der Waals surface area (Å²) in [5, 5.41) is 3.26. The third kappa shape index (κ3) is 4.18. The summed E-state index contributed by atoms with van der Waals surface area (Å²) in [6.45, 7) is 2.90. The highest BCUT2D eigenvalue weighted by Gasteiger charge is 2.38. The molecule has 1 aliphatic carbocycles. The molecule has 3 nitrogen and oxygen atoms in total. The molecule has 1 fully saturated rings. The van der Waals surface area contributed by atoms with E-state index in [1.807, 2.05) is 6.07 Å². The average molecular weight is 345 g/mol. The van der Waals surface area contributed by atoms with Gasteiger partial charge in [-0.15, -0.1) is 24.0 Å². The maximum absolute atomic E-state index is 5.78. The van der Waals surface area contributed by atoms with Crippen LogP contribution in [0.5, 0.6) is 0 Å². The van der Waals surface area contributed by atoms with Gasteiger partial charge in [0.1, 0.15) is 0 Å². The van der Waals surface area contributed by atoms with E-state index >= 15 is 0 Å². The van der Waals surface area contributed by atoms with Crippen LogP contribution in [0.2, 0.25) is 0 Å². The topological polar surface area (TPSA) is 50.4 Å². The van der Waals surface area contributed by atoms with Crippen LogP contribution in [-0.2, 0) is 0 Å². The molecule has 0 heterocycles. The molecule has 0 saturated heterocycles. The van der Waals surface area contributed by atoms with Crippen molar-refractivity contribution < 1.29 is 0 Å². The molecule has 0 aliphatic heterocycles. The molecule has 4 heteroatoms. The summed E-state index contributed by atoms with van der Waals surface area (Å²) >= 11 is 0. The van der Waals surface area contributed by atoms with Gasteiger partial charge < -0.3 is 11.1 Å². The molecule has 1 aromatic rings. The molecule has 0 aromatic heterocycles. The first-order valence-electron chi connectivity index (χ1n) is 5.92. The first-order valence-corrected chi connectivity index (χ1v) is 5.92. The molecule has 0 spiro atoms. The second-order valence-corrected chi connectivity index (χ2v) is 4.27. The van der Waals surface area contributed by atoms with Crippen molar-refractivity contribution in [3.8, 4) is 0 Å². The summed E-state index contributed by atoms with van der Waals surface area (Å²) in [7, 11) is 0. The lowest BCUT2D eigenvalue weighted by Gasteiger charge is -2.04. The Morgan fingerprint density at radius 2 is 2.12 bits per heavy atom. The van der Waals surface area contributed by atoms with Crippen molar-refractivity contribution >= 4 is 29.9 Å². The van der Waals surface area contributed by atoms with E-state index in [9.17, 15) is 0 Å². The second-order valence-electron chi connectivity index (χ2n) is 4.27. The highest BCUT2D eigenvalue weighted by Crippen LogP contribution is 2.40. The van der Waals surface area contributed by atoms with E-state index in [4.69, 9.17) is 5.73 Å². The van der Waals surface area contributed by atoms with Gasteiger partial charge in [-0.05, 0) is 18.4 Å². The van der Waals surface area contributed by atoms with Crippen LogP contribution in [0.4, 0.5) is 0 Å². The minimum absolute atomic E-state index is 0. The first kappa shape index (κ1) is 14.3. The Bertz CT molecular complexity index is 364. The van der Waals surface area contributed by atoms with Crippen molar-refractivity contribution in [1.29, 1.82) is 0 Å². The summed E-state index contributed by atoms with van der Waals surface area (Å²) in [6.07, 6.45) is 2.20. The predicted molar refractivity (Wildman–Crippen MR) is 82.9 cm³/mol. The van der Waals surface area contributed by atoms with E-state index in [0.29, 0.717) is 17.9 Å². The largest absolute Gasteiger partial charge is 0.370 e. The van der Waals surface area contributed by atoms with Gasteiger partial charge in [0.25, 0.3) is 0 Å². The third-order valence-corrected chi connectivity index (χ3v) is 2.86. The fourth-order valence-corrected chi connectivity index (χ4v) is 1.89. The molecule has 3 N–H and O–H groups in total. The van der Waals surface area contributed by atoms with Crippen LogP contribution in [0.15, 0.2) is 35.3 Å². The highest BCUT2D eigenvalue weighted by molar-refractivity contribution is 14.0. The zero-order chi connectivity index (χ0) is 11.4. The van der Waals surface area contributed by atoms with Crippen LogP contribution in [0.25, 0.3) is 0 Å². The van der Waals surface area contributed by atoms with Gasteiger partial charge in [-0.25, -0.2) is 0 Å². The number of nitrogens with two attached hydrogens (primary N) is 1. The zero-order valence-corrected chi connectivity index (χ0v) is 12.4. The number of halogens is 1. The number of benzene rings is 1. The Hall–Kier alpha value is -0.780. The quantitative estimate of drug-likeness (QED) is 0.500. The van der Waals surface area contributed by atoms with Gasteiger partial charge in [0, 0.05) is 18.5 Å². The zero-order valence-electron chi connectivity index (χ0n) is 10.1. The maximum Gasteiger partial charge on any atom is 0.188 e. The van der Waals surface area contributed by atoms with Gasteiger partial charge in [-0.1, -0.05) is 37.3 Å². The fraction of sp³-hybridized carbons (Fsp3) is 0.462. The summed E-state index contributed by atoms with van der Waals surface area (Å²) in [5.41, 5.74) is 7.17. The summed E-state index contributed by atoms with van der Waals surface area (Å²) in [6, 6.07) is 11.0. The average Bonchev–Trinajstić information content (AvgIpc) is 3.07. The minimum Gasteiger partial charge on any atom is -0.370 e. The molecule has 17 heavy (non-hydrogen) atoms. The van der Waals surface area contributed by atoms with Gasteiger partial charge in [0.2, 0.25) is 0 Å². The molecular weight excluding hydrogens is 325 g/mol. The molecule has 2 unspecified atom stereocenters. The Morgan fingerprint density at radius 3 is 2.76 bits per heavy atom. The number of nitrogens with zero attached hydrogens (tertiary/aromatic N) is 1. The Morgan fingerprint density at radius 1 is 1.41 bits per heavy atom. The van der Waals surface area contributed by atoms with Crippen molar-refractivity contribution in [2.45, 2.75) is 31.7 Å². The Balaban J connectivity index is 0.00000144. The number of rotatable bonds is 4. The third-order valence-electron chi connectivity index (χ3n) is 2.86. The molecule has 2 rings (SSSR count). The SMILES string of the molecule is CCCN=C(N)NC1CC1c1ccccc1.I. The van der Waals surface area contributed by atoms with E-state index in [1.54, 1.807) is 0 Å². The molecule has 0 radical (unpaired) electrons. The van der Waals surface area contributed by atoms with Crippen molar-refractivity contribution in [2.24, 2.45) is 10.7 Å². The molecule has 1 aromatic carbocycles. The van der Waals surface area contributed by atoms with Crippen molar-refractivity contribution in [3.63, 3.8) is 0 Å². The Kier molecular flexibility index (Phi) is 5.74. The van der Waals surface area contributed by atoms with E-state index in [0.717, 1.165) is 19.4 Å². The normalized spacial score (nSPS) is 22.8. The minimum atomic E-state index is 0. The molecule has 1 aliphatic rings. The molecule has 1 saturated carbocycles. The summed E-state index contributed by atoms with van der Waals surface area (Å²) < 4.78 is 0. The summed E-state index contributed by atoms with van der Waals surface area (Å²) in [4.78, 5) is 4.23. The lowest BCUT2D eigenvalue weighted by atomic mass is 10.1. The number of hydrogen-bond acceptors (Lipinski definition) is 1. The van der Waals surface area contributed by atoms with Gasteiger partial charge in [0.15, 0.2) is 5.96 Å². The molecule has 0 amide bonds. The predicted octanol–water partition coefficient (Wildman–Crippen LogP) is 2.47. The fourth-order valence-electron chi connectivity index (χ4n) is 1.89. The van der Waals surface area contributed by atoms with Crippen molar-refractivity contribution in [1.82, 2.24) is 5.32 Å². The van der Waals surface area contributed by atoms with Crippen LogP contribution in [0.3, 0.4) is 0 Å². The lowest BCUT2D eigenvalue weighted by Crippen LogP contribution is -2.34. The maximum atomic E-state index is 5.78. The Labute approximate surface area is 120 Å². The monoisotopic (exact) mass is 345 g/mol. The van der Waals surface area contributed by atoms with Crippen LogP contribution < -0.4 is 11.1 Å². The van der Waals surface area contributed by atoms with Gasteiger partial charge in [0.05, 0.1) is 0 Å². The number of aliphatic imine (C=N–C) groups is 1. The van der Waals surface area contributed by atoms with Gasteiger partial charge in [-0.3, -0.25) is 4.99 Å².